The number of aromatic nitrogens is 2. The molecule has 3 rings (SSSR count). The highest BCUT2D eigenvalue weighted by Crippen LogP contribution is 2.35. The average Bonchev–Trinajstić information content (AvgIpc) is 3.12. The Labute approximate surface area is 209 Å². The van der Waals surface area contributed by atoms with Crippen molar-refractivity contribution in [2.45, 2.75) is 46.4 Å². The molecule has 1 aromatic heterocycles. The van der Waals surface area contributed by atoms with Gasteiger partial charge in [-0.1, -0.05) is 50.2 Å². The molecule has 1 atom stereocenters. The zero-order chi connectivity index (χ0) is 25.4. The number of methoxy groups -OCH3 is 1. The third kappa shape index (κ3) is 7.82. The van der Waals surface area contributed by atoms with Gasteiger partial charge in [-0.25, -0.2) is 4.68 Å². The first-order chi connectivity index (χ1) is 16.8. The van der Waals surface area contributed by atoms with Crippen molar-refractivity contribution in [3.05, 3.63) is 60.2 Å². The maximum absolute atomic E-state index is 10.7. The van der Waals surface area contributed by atoms with E-state index in [9.17, 15) is 5.11 Å². The van der Waals surface area contributed by atoms with Gasteiger partial charge in [-0.3, -0.25) is 4.90 Å². The van der Waals surface area contributed by atoms with Gasteiger partial charge in [-0.05, 0) is 31.9 Å². The van der Waals surface area contributed by atoms with Gasteiger partial charge in [0.1, 0.15) is 17.2 Å². The molecule has 0 saturated carbocycles. The van der Waals surface area contributed by atoms with E-state index in [0.29, 0.717) is 37.2 Å². The molecule has 3 aromatic rings. The molecule has 0 saturated heterocycles. The Morgan fingerprint density at radius 3 is 2.34 bits per heavy atom. The highest BCUT2D eigenvalue weighted by Gasteiger charge is 2.24. The zero-order valence-corrected chi connectivity index (χ0v) is 21.8. The molecule has 0 fully saturated rings. The lowest BCUT2D eigenvalue weighted by Crippen LogP contribution is -2.37. The first-order valence-corrected chi connectivity index (χ1v) is 12.2. The second-order valence-electron chi connectivity index (χ2n) is 9.53. The van der Waals surface area contributed by atoms with Crippen LogP contribution < -0.4 is 9.47 Å². The zero-order valence-electron chi connectivity index (χ0n) is 21.8. The van der Waals surface area contributed by atoms with Crippen LogP contribution in [0.15, 0.2) is 54.6 Å². The number of ether oxygens (including phenoxy) is 3. The molecular formula is C28H39N3O4. The molecule has 1 heterocycles. The van der Waals surface area contributed by atoms with E-state index in [0.717, 1.165) is 29.1 Å². The van der Waals surface area contributed by atoms with E-state index in [-0.39, 0.29) is 6.10 Å². The van der Waals surface area contributed by atoms with Crippen molar-refractivity contribution >= 4 is 0 Å². The van der Waals surface area contributed by atoms with Crippen LogP contribution in [-0.2, 0) is 18.3 Å². The van der Waals surface area contributed by atoms with Crippen LogP contribution in [0.3, 0.4) is 0 Å². The Kier molecular flexibility index (Phi) is 9.72. The maximum Gasteiger partial charge on any atom is 0.222 e. The van der Waals surface area contributed by atoms with E-state index in [2.05, 4.69) is 30.9 Å². The summed E-state index contributed by atoms with van der Waals surface area (Å²) in [4.78, 5) is 2.25. The molecule has 0 unspecified atom stereocenters. The van der Waals surface area contributed by atoms with Crippen LogP contribution in [0.25, 0.3) is 11.3 Å². The topological polar surface area (TPSA) is 69.0 Å². The van der Waals surface area contributed by atoms with Gasteiger partial charge >= 0.3 is 0 Å². The number of nitrogens with zero attached hydrogens (tertiary/aromatic N) is 3. The van der Waals surface area contributed by atoms with Crippen LogP contribution in [0.4, 0.5) is 0 Å². The van der Waals surface area contributed by atoms with Gasteiger partial charge < -0.3 is 19.3 Å². The average molecular weight is 482 g/mol. The van der Waals surface area contributed by atoms with Crippen molar-refractivity contribution in [3.8, 4) is 28.6 Å². The summed E-state index contributed by atoms with van der Waals surface area (Å²) in [6, 6.07) is 17.7. The van der Waals surface area contributed by atoms with Gasteiger partial charge in [0.25, 0.3) is 0 Å². The van der Waals surface area contributed by atoms with Crippen LogP contribution in [0, 0.1) is 5.92 Å². The SMILES string of the molecule is COc1cccc(Oc2c(CN(CC(C)C)C[C@H](O)COC(C)C)c(-c3ccccc3)nn2C)c1. The Hall–Kier alpha value is -2.87. The van der Waals surface area contributed by atoms with Crippen LogP contribution in [0.2, 0.25) is 0 Å². The molecule has 0 spiro atoms. The standard InChI is InChI=1S/C28H39N3O4/c1-20(2)16-31(17-23(32)19-34-21(3)4)18-26-27(22-11-8-7-9-12-22)29-30(5)28(26)35-25-14-10-13-24(15-25)33-6/h7-15,20-21,23,32H,16-19H2,1-6H3/t23-/m0/s1. The molecule has 0 bridgehead atoms. The first kappa shape index (κ1) is 26.7. The third-order valence-corrected chi connectivity index (χ3v) is 5.49. The summed E-state index contributed by atoms with van der Waals surface area (Å²) in [5.74, 6) is 2.49. The van der Waals surface area contributed by atoms with Gasteiger partial charge in [-0.15, -0.1) is 0 Å². The number of rotatable bonds is 13. The van der Waals surface area contributed by atoms with Crippen molar-refractivity contribution < 1.29 is 19.3 Å². The fraction of sp³-hybridized carbons (Fsp3) is 0.464. The number of aryl methyl sites for hydroxylation is 1. The number of hydrogen-bond acceptors (Lipinski definition) is 6. The fourth-order valence-electron chi connectivity index (χ4n) is 4.02. The summed E-state index contributed by atoms with van der Waals surface area (Å²) in [6.45, 7) is 10.5. The summed E-state index contributed by atoms with van der Waals surface area (Å²) in [5, 5.41) is 15.5. The largest absolute Gasteiger partial charge is 0.497 e. The van der Waals surface area contributed by atoms with Crippen molar-refractivity contribution in [3.63, 3.8) is 0 Å². The van der Waals surface area contributed by atoms with Gasteiger partial charge in [0, 0.05) is 38.3 Å². The summed E-state index contributed by atoms with van der Waals surface area (Å²) in [5.41, 5.74) is 2.86. The minimum Gasteiger partial charge on any atom is -0.497 e. The molecular weight excluding hydrogens is 442 g/mol. The first-order valence-electron chi connectivity index (χ1n) is 12.2. The molecule has 0 aliphatic rings. The molecule has 190 valence electrons. The molecule has 2 aromatic carbocycles. The Morgan fingerprint density at radius 1 is 0.971 bits per heavy atom. The molecule has 0 radical (unpaired) electrons. The van der Waals surface area contributed by atoms with Crippen LogP contribution in [0.1, 0.15) is 33.3 Å². The smallest absolute Gasteiger partial charge is 0.222 e. The quantitative estimate of drug-likeness (QED) is 0.365. The highest BCUT2D eigenvalue weighted by atomic mass is 16.5. The molecule has 7 nitrogen and oxygen atoms in total. The van der Waals surface area contributed by atoms with E-state index in [4.69, 9.17) is 19.3 Å². The van der Waals surface area contributed by atoms with Gasteiger partial charge in [-0.2, -0.15) is 5.10 Å². The molecule has 35 heavy (non-hydrogen) atoms. The van der Waals surface area contributed by atoms with Crippen molar-refractivity contribution in [1.82, 2.24) is 14.7 Å². The molecule has 1 N–H and O–H groups in total. The van der Waals surface area contributed by atoms with E-state index in [1.54, 1.807) is 11.8 Å². The van der Waals surface area contributed by atoms with Crippen LogP contribution >= 0.6 is 0 Å². The normalized spacial score (nSPS) is 12.5. The van der Waals surface area contributed by atoms with Crippen molar-refractivity contribution in [2.75, 3.05) is 26.8 Å². The van der Waals surface area contributed by atoms with E-state index in [1.807, 2.05) is 63.4 Å². The van der Waals surface area contributed by atoms with Gasteiger partial charge in [0.2, 0.25) is 5.88 Å². The second-order valence-corrected chi connectivity index (χ2v) is 9.53. The van der Waals surface area contributed by atoms with Crippen LogP contribution in [-0.4, -0.2) is 58.8 Å². The molecule has 7 heteroatoms. The minimum absolute atomic E-state index is 0.0778. The summed E-state index contributed by atoms with van der Waals surface area (Å²) >= 11 is 0. The summed E-state index contributed by atoms with van der Waals surface area (Å²) < 4.78 is 19.2. The van der Waals surface area contributed by atoms with E-state index >= 15 is 0 Å². The van der Waals surface area contributed by atoms with Crippen molar-refractivity contribution in [2.24, 2.45) is 13.0 Å². The summed E-state index contributed by atoms with van der Waals surface area (Å²) in [6.07, 6.45) is -0.509. The maximum atomic E-state index is 10.7. The molecule has 0 amide bonds. The highest BCUT2D eigenvalue weighted by molar-refractivity contribution is 5.65. The Bertz CT molecular complexity index is 1050. The predicted molar refractivity (Wildman–Crippen MR) is 139 cm³/mol. The Morgan fingerprint density at radius 2 is 1.69 bits per heavy atom. The lowest BCUT2D eigenvalue weighted by molar-refractivity contribution is -0.0109. The molecule has 0 aliphatic carbocycles. The number of aliphatic hydroxyl groups is 1. The predicted octanol–water partition coefficient (Wildman–Crippen LogP) is 5.13. The lowest BCUT2D eigenvalue weighted by atomic mass is 10.1. The number of hydrogen-bond donors (Lipinski definition) is 1. The second kappa shape index (κ2) is 12.7. The number of benzene rings is 2. The Balaban J connectivity index is 1.96. The van der Waals surface area contributed by atoms with Crippen molar-refractivity contribution in [1.29, 1.82) is 0 Å². The third-order valence-electron chi connectivity index (χ3n) is 5.49. The van der Waals surface area contributed by atoms with Gasteiger partial charge in [0.15, 0.2) is 0 Å². The fourth-order valence-corrected chi connectivity index (χ4v) is 4.02. The van der Waals surface area contributed by atoms with E-state index < -0.39 is 6.10 Å². The lowest BCUT2D eigenvalue weighted by Gasteiger charge is -2.27. The number of aliphatic hydroxyl groups excluding tert-OH is 1. The molecule has 0 aliphatic heterocycles. The van der Waals surface area contributed by atoms with Gasteiger partial charge in [0.05, 0.1) is 31.5 Å². The van der Waals surface area contributed by atoms with E-state index in [1.165, 1.54) is 0 Å². The summed E-state index contributed by atoms with van der Waals surface area (Å²) in [7, 11) is 3.53. The minimum atomic E-state index is -0.587. The monoisotopic (exact) mass is 481 g/mol. The van der Waals surface area contributed by atoms with Crippen LogP contribution in [0.5, 0.6) is 17.4 Å².